The molecule has 0 aliphatic rings. The molecule has 0 fully saturated rings. The van der Waals surface area contributed by atoms with Crippen molar-refractivity contribution in [1.82, 2.24) is 0 Å². The summed E-state index contributed by atoms with van der Waals surface area (Å²) in [4.78, 5) is 0. The molecule has 0 atom stereocenters. The van der Waals surface area contributed by atoms with Gasteiger partial charge in [-0.1, -0.05) is 5.02 Å². The van der Waals surface area contributed by atoms with E-state index in [2.05, 4.69) is 0 Å². The standard InChI is InChI=1S/2C5H4Cl.Fe/c2*6-5-3-1-2-4-5;/h2*1-4H;/q-5;-1;. The molecule has 0 amide bonds. The Hall–Kier alpha value is -0.201. The molecule has 2 aromatic carbocycles. The SMILES string of the molecule is Cl[c-]1[cH-][cH-][cH-][cH-]1.Cl[c-]1cccc1.[Fe]. The van der Waals surface area contributed by atoms with Crippen molar-refractivity contribution in [3.63, 3.8) is 0 Å². The molecule has 0 aromatic heterocycles. The van der Waals surface area contributed by atoms with Crippen molar-refractivity contribution in [2.75, 3.05) is 0 Å². The monoisotopic (exact) mass is 254 g/mol. The third-order valence-corrected chi connectivity index (χ3v) is 1.75. The maximum Gasteiger partial charge on any atom is 0 e. The molecule has 2 aromatic rings. The van der Waals surface area contributed by atoms with Gasteiger partial charge < -0.3 is 40.9 Å². The molecule has 0 heterocycles. The van der Waals surface area contributed by atoms with E-state index in [1.165, 1.54) is 0 Å². The quantitative estimate of drug-likeness (QED) is 0.490. The molecule has 0 radical (unpaired) electrons. The van der Waals surface area contributed by atoms with E-state index in [1.54, 1.807) is 0 Å². The average molecular weight is 255 g/mol. The van der Waals surface area contributed by atoms with E-state index in [4.69, 9.17) is 23.2 Å². The van der Waals surface area contributed by atoms with E-state index >= 15 is 0 Å². The summed E-state index contributed by atoms with van der Waals surface area (Å²) < 4.78 is 0. The maximum absolute atomic E-state index is 5.46. The Labute approximate surface area is 98.7 Å². The summed E-state index contributed by atoms with van der Waals surface area (Å²) >= 11 is 10.9. The Kier molecular flexibility index (Phi) is 7.12. The van der Waals surface area contributed by atoms with Crippen LogP contribution in [0.2, 0.25) is 10.0 Å². The minimum Gasteiger partial charge on any atom is -0.747 e. The molecule has 0 unspecified atom stereocenters. The first-order valence-electron chi connectivity index (χ1n) is 3.53. The second-order valence-corrected chi connectivity index (χ2v) is 3.08. The van der Waals surface area contributed by atoms with Gasteiger partial charge in [0.15, 0.2) is 0 Å². The van der Waals surface area contributed by atoms with Crippen molar-refractivity contribution >= 4 is 23.2 Å². The summed E-state index contributed by atoms with van der Waals surface area (Å²) in [7, 11) is 0. The topological polar surface area (TPSA) is 0 Å². The first-order valence-corrected chi connectivity index (χ1v) is 4.29. The number of halogens is 2. The Morgan fingerprint density at radius 3 is 1.54 bits per heavy atom. The van der Waals surface area contributed by atoms with Gasteiger partial charge in [0.05, 0.1) is 0 Å². The van der Waals surface area contributed by atoms with Crippen LogP contribution in [0, 0.1) is 0 Å². The first-order chi connectivity index (χ1) is 5.79. The van der Waals surface area contributed by atoms with Crippen molar-refractivity contribution in [3.8, 4) is 0 Å². The van der Waals surface area contributed by atoms with Crippen molar-refractivity contribution in [1.29, 1.82) is 0 Å². The molecular weight excluding hydrogens is 247 g/mol. The van der Waals surface area contributed by atoms with Crippen LogP contribution in [0.1, 0.15) is 0 Å². The molecule has 0 bridgehead atoms. The number of hydrogen-bond donors (Lipinski definition) is 0. The van der Waals surface area contributed by atoms with Crippen LogP contribution in [-0.2, 0) is 17.1 Å². The van der Waals surface area contributed by atoms with Crippen LogP contribution in [-0.4, -0.2) is 0 Å². The van der Waals surface area contributed by atoms with E-state index in [9.17, 15) is 0 Å². The Balaban J connectivity index is 0.000000206. The van der Waals surface area contributed by atoms with Gasteiger partial charge in [0.25, 0.3) is 0 Å². The van der Waals surface area contributed by atoms with Crippen LogP contribution < -0.4 is 0 Å². The fourth-order valence-corrected chi connectivity index (χ4v) is 0.992. The smallest absolute Gasteiger partial charge is 0 e. The van der Waals surface area contributed by atoms with Gasteiger partial charge in [0.2, 0.25) is 0 Å². The molecule has 0 aliphatic carbocycles. The molecule has 0 N–H and O–H groups in total. The molecule has 3 heteroatoms. The predicted octanol–water partition coefficient (Wildman–Crippen LogP) is 4.12. The average Bonchev–Trinajstić information content (AvgIpc) is 2.63. The van der Waals surface area contributed by atoms with Gasteiger partial charge in [-0.2, -0.15) is 23.7 Å². The van der Waals surface area contributed by atoms with Crippen LogP contribution in [0.3, 0.4) is 0 Å². The van der Waals surface area contributed by atoms with Crippen molar-refractivity contribution in [3.05, 3.63) is 58.6 Å². The zero-order chi connectivity index (χ0) is 8.81. The Morgan fingerprint density at radius 1 is 0.923 bits per heavy atom. The summed E-state index contributed by atoms with van der Waals surface area (Å²) in [5.74, 6) is 0. The second kappa shape index (κ2) is 7.23. The summed E-state index contributed by atoms with van der Waals surface area (Å²) in [5, 5.41) is 1.63. The molecule has 2 rings (SSSR count). The van der Waals surface area contributed by atoms with Gasteiger partial charge in [-0.25, -0.2) is 12.1 Å². The number of rotatable bonds is 0. The second-order valence-electron chi connectivity index (χ2n) is 2.21. The van der Waals surface area contributed by atoms with Crippen molar-refractivity contribution in [2.24, 2.45) is 0 Å². The summed E-state index contributed by atoms with van der Waals surface area (Å²) in [6, 6.07) is 15.0. The van der Waals surface area contributed by atoms with Crippen LogP contribution >= 0.6 is 23.2 Å². The largest absolute Gasteiger partial charge is 0.747 e. The van der Waals surface area contributed by atoms with Crippen LogP contribution in [0.5, 0.6) is 0 Å². The van der Waals surface area contributed by atoms with Crippen molar-refractivity contribution in [2.45, 2.75) is 0 Å². The van der Waals surface area contributed by atoms with E-state index in [1.807, 2.05) is 48.5 Å². The van der Waals surface area contributed by atoms with Gasteiger partial charge in [0.1, 0.15) is 0 Å². The van der Waals surface area contributed by atoms with E-state index in [0.29, 0.717) is 0 Å². The third kappa shape index (κ3) is 5.95. The van der Waals surface area contributed by atoms with E-state index in [0.717, 1.165) is 10.0 Å². The van der Waals surface area contributed by atoms with Gasteiger partial charge in [-0.15, -0.1) is 0 Å². The minimum atomic E-state index is 0. The summed E-state index contributed by atoms with van der Waals surface area (Å²) in [5.41, 5.74) is 0. The Bertz CT molecular complexity index is 252. The molecule has 0 aliphatic heterocycles. The predicted molar refractivity (Wildman–Crippen MR) is 54.1 cm³/mol. The van der Waals surface area contributed by atoms with E-state index < -0.39 is 0 Å². The molecule has 0 nitrogen and oxygen atoms in total. The zero-order valence-electron chi connectivity index (χ0n) is 6.73. The summed E-state index contributed by atoms with van der Waals surface area (Å²) in [6.07, 6.45) is 0. The van der Waals surface area contributed by atoms with Crippen LogP contribution in [0.4, 0.5) is 0 Å². The van der Waals surface area contributed by atoms with Crippen LogP contribution in [0.25, 0.3) is 0 Å². The van der Waals surface area contributed by atoms with Gasteiger partial charge in [0, 0.05) is 17.1 Å². The first kappa shape index (κ1) is 12.8. The number of hydrogen-bond acceptors (Lipinski definition) is 0. The molecule has 76 valence electrons. The molecule has 13 heavy (non-hydrogen) atoms. The molecule has 0 saturated heterocycles. The molecular formula is C10H8Cl2Fe-6. The van der Waals surface area contributed by atoms with Crippen molar-refractivity contribution < 1.29 is 17.1 Å². The molecule has 0 spiro atoms. The third-order valence-electron chi connectivity index (χ3n) is 1.24. The zero-order valence-corrected chi connectivity index (χ0v) is 9.34. The van der Waals surface area contributed by atoms with Gasteiger partial charge in [-0.3, -0.25) is 0 Å². The van der Waals surface area contributed by atoms with E-state index in [-0.39, 0.29) is 17.1 Å². The fraction of sp³-hybridized carbons (Fsp3) is 0. The fourth-order valence-electron chi connectivity index (χ4n) is 0.701. The van der Waals surface area contributed by atoms with Gasteiger partial charge >= 0.3 is 0 Å². The Morgan fingerprint density at radius 2 is 1.38 bits per heavy atom. The van der Waals surface area contributed by atoms with Crippen LogP contribution in [0.15, 0.2) is 48.5 Å². The summed E-state index contributed by atoms with van der Waals surface area (Å²) in [6.45, 7) is 0. The molecule has 0 saturated carbocycles. The van der Waals surface area contributed by atoms with Gasteiger partial charge in [-0.05, 0) is 0 Å². The minimum absolute atomic E-state index is 0. The maximum atomic E-state index is 5.46. The normalized spacial score (nSPS) is 8.15.